The molecule has 1 aromatic carbocycles. The van der Waals surface area contributed by atoms with Gasteiger partial charge in [-0.2, -0.15) is 5.26 Å². The van der Waals surface area contributed by atoms with E-state index in [1.165, 1.54) is 22.5 Å². The van der Waals surface area contributed by atoms with Gasteiger partial charge < -0.3 is 10.6 Å². The first-order valence-electron chi connectivity index (χ1n) is 9.09. The number of anilines is 1. The van der Waals surface area contributed by atoms with E-state index in [1.54, 1.807) is 0 Å². The van der Waals surface area contributed by atoms with E-state index < -0.39 is 21.8 Å². The molecule has 1 aliphatic heterocycles. The van der Waals surface area contributed by atoms with Crippen molar-refractivity contribution in [1.29, 1.82) is 5.26 Å². The smallest absolute Gasteiger partial charge is 0.313 e. The molecule has 2 fully saturated rings. The molecule has 0 radical (unpaired) electrons. The van der Waals surface area contributed by atoms with Gasteiger partial charge in [-0.05, 0) is 49.8 Å². The van der Waals surface area contributed by atoms with Crippen molar-refractivity contribution >= 4 is 39.1 Å². The molecule has 1 saturated carbocycles. The highest BCUT2D eigenvalue weighted by atomic mass is 35.5. The van der Waals surface area contributed by atoms with Crippen LogP contribution < -0.4 is 10.6 Å². The molecule has 150 valence electrons. The fourth-order valence-electron chi connectivity index (χ4n) is 3.16. The second-order valence-electron chi connectivity index (χ2n) is 7.05. The van der Waals surface area contributed by atoms with Crippen molar-refractivity contribution in [3.8, 4) is 6.07 Å². The molecule has 0 bridgehead atoms. The van der Waals surface area contributed by atoms with Gasteiger partial charge in [0, 0.05) is 24.7 Å². The molecule has 0 atom stereocenters. The highest BCUT2D eigenvalue weighted by molar-refractivity contribution is 7.90. The number of hydrogen-bond acceptors (Lipinski definition) is 5. The van der Waals surface area contributed by atoms with Crippen molar-refractivity contribution in [2.75, 3.05) is 25.0 Å². The summed E-state index contributed by atoms with van der Waals surface area (Å²) in [7, 11) is -3.16. The molecular formula is C18H21ClN4O4S. The third kappa shape index (κ3) is 4.82. The molecule has 0 spiro atoms. The number of sulfonamides is 1. The number of piperidine rings is 1. The zero-order valence-electron chi connectivity index (χ0n) is 15.2. The lowest BCUT2D eigenvalue weighted by Gasteiger charge is -2.31. The maximum Gasteiger partial charge on any atom is 0.313 e. The number of nitriles is 1. The van der Waals surface area contributed by atoms with Gasteiger partial charge >= 0.3 is 11.8 Å². The van der Waals surface area contributed by atoms with E-state index in [1.807, 2.05) is 6.07 Å². The predicted molar refractivity (Wildman–Crippen MR) is 104 cm³/mol. The quantitative estimate of drug-likeness (QED) is 0.693. The minimum Gasteiger partial charge on any atom is -0.348 e. The summed E-state index contributed by atoms with van der Waals surface area (Å²) < 4.78 is 26.0. The number of rotatable bonds is 5. The number of carbonyl (C=O) groups is 2. The second-order valence-corrected chi connectivity index (χ2v) is 9.70. The van der Waals surface area contributed by atoms with Crippen LogP contribution in [0.2, 0.25) is 5.02 Å². The van der Waals surface area contributed by atoms with Crippen molar-refractivity contribution in [2.45, 2.75) is 30.9 Å². The van der Waals surface area contributed by atoms with E-state index in [2.05, 4.69) is 10.6 Å². The van der Waals surface area contributed by atoms with E-state index in [0.717, 1.165) is 12.8 Å². The Morgan fingerprint density at radius 1 is 1.18 bits per heavy atom. The molecule has 1 heterocycles. The molecule has 1 saturated heterocycles. The molecule has 0 unspecified atom stereocenters. The van der Waals surface area contributed by atoms with Crippen LogP contribution in [0.4, 0.5) is 5.69 Å². The molecule has 2 amide bonds. The SMILES string of the molecule is N#Cc1ccc(Cl)cc1NC(=O)C(=O)NCC1CCN(S(=O)(=O)C2CC2)CC1. The summed E-state index contributed by atoms with van der Waals surface area (Å²) in [6.45, 7) is 1.18. The van der Waals surface area contributed by atoms with Crippen molar-refractivity contribution in [1.82, 2.24) is 9.62 Å². The van der Waals surface area contributed by atoms with Gasteiger partial charge in [-0.25, -0.2) is 12.7 Å². The van der Waals surface area contributed by atoms with Crippen molar-refractivity contribution in [3.63, 3.8) is 0 Å². The Labute approximate surface area is 168 Å². The van der Waals surface area contributed by atoms with E-state index >= 15 is 0 Å². The maximum atomic E-state index is 12.2. The van der Waals surface area contributed by atoms with Crippen LogP contribution in [0.15, 0.2) is 18.2 Å². The van der Waals surface area contributed by atoms with Gasteiger partial charge in [-0.1, -0.05) is 11.6 Å². The average molecular weight is 425 g/mol. The number of nitrogens with one attached hydrogen (secondary N) is 2. The number of amides is 2. The Kier molecular flexibility index (Phi) is 6.23. The first kappa shape index (κ1) is 20.6. The first-order valence-corrected chi connectivity index (χ1v) is 11.0. The highest BCUT2D eigenvalue weighted by Gasteiger charge is 2.41. The molecular weight excluding hydrogens is 404 g/mol. The van der Waals surface area contributed by atoms with Crippen LogP contribution in [0.5, 0.6) is 0 Å². The van der Waals surface area contributed by atoms with Crippen molar-refractivity contribution < 1.29 is 18.0 Å². The summed E-state index contributed by atoms with van der Waals surface area (Å²) in [6, 6.07) is 6.30. The van der Waals surface area contributed by atoms with E-state index in [9.17, 15) is 18.0 Å². The van der Waals surface area contributed by atoms with E-state index in [-0.39, 0.29) is 22.4 Å². The molecule has 3 rings (SSSR count). The molecule has 2 N–H and O–H groups in total. The fraction of sp³-hybridized carbons (Fsp3) is 0.500. The summed E-state index contributed by atoms with van der Waals surface area (Å²) >= 11 is 5.86. The van der Waals surface area contributed by atoms with Gasteiger partial charge in [0.25, 0.3) is 0 Å². The summed E-state index contributed by atoms with van der Waals surface area (Å²) in [5.41, 5.74) is 0.378. The van der Waals surface area contributed by atoms with Crippen LogP contribution in [-0.4, -0.2) is 49.4 Å². The molecule has 1 aliphatic carbocycles. The van der Waals surface area contributed by atoms with Crippen LogP contribution in [0, 0.1) is 17.2 Å². The van der Waals surface area contributed by atoms with Gasteiger partial charge in [0.1, 0.15) is 6.07 Å². The second kappa shape index (κ2) is 8.47. The number of benzene rings is 1. The van der Waals surface area contributed by atoms with Crippen molar-refractivity contribution in [2.24, 2.45) is 5.92 Å². The lowest BCUT2D eigenvalue weighted by molar-refractivity contribution is -0.136. The minimum absolute atomic E-state index is 0.114. The van der Waals surface area contributed by atoms with E-state index in [4.69, 9.17) is 16.9 Å². The van der Waals surface area contributed by atoms with Gasteiger partial charge in [-0.3, -0.25) is 9.59 Å². The summed E-state index contributed by atoms with van der Waals surface area (Å²) in [6.07, 6.45) is 2.77. The standard InChI is InChI=1S/C18H21ClN4O4S/c19-14-2-1-13(10-20)16(9-14)22-18(25)17(24)21-11-12-5-7-23(8-6-12)28(26,27)15-3-4-15/h1-2,9,12,15H,3-8,11H2,(H,21,24)(H,22,25). The van der Waals surface area contributed by atoms with Crippen LogP contribution in [0.25, 0.3) is 0 Å². The zero-order valence-corrected chi connectivity index (χ0v) is 16.7. The molecule has 10 heteroatoms. The third-order valence-electron chi connectivity index (χ3n) is 4.99. The molecule has 8 nitrogen and oxygen atoms in total. The predicted octanol–water partition coefficient (Wildman–Crippen LogP) is 1.47. The normalized spacial score (nSPS) is 18.3. The van der Waals surface area contributed by atoms with Crippen LogP contribution in [0.1, 0.15) is 31.2 Å². The Morgan fingerprint density at radius 2 is 1.86 bits per heavy atom. The number of halogens is 1. The Balaban J connectivity index is 1.46. The number of carbonyl (C=O) groups excluding carboxylic acids is 2. The first-order chi connectivity index (χ1) is 13.3. The average Bonchev–Trinajstić information content (AvgIpc) is 3.52. The largest absolute Gasteiger partial charge is 0.348 e. The van der Waals surface area contributed by atoms with Gasteiger partial charge in [0.05, 0.1) is 16.5 Å². The Hall–Kier alpha value is -2.15. The molecule has 0 aromatic heterocycles. The van der Waals surface area contributed by atoms with Gasteiger partial charge in [-0.15, -0.1) is 0 Å². The molecule has 2 aliphatic rings. The van der Waals surface area contributed by atoms with Gasteiger partial charge in [0.15, 0.2) is 0 Å². The monoisotopic (exact) mass is 424 g/mol. The van der Waals surface area contributed by atoms with Gasteiger partial charge in [0.2, 0.25) is 10.0 Å². The molecule has 1 aromatic rings. The Bertz CT molecular complexity index is 916. The molecule has 28 heavy (non-hydrogen) atoms. The Morgan fingerprint density at radius 3 is 2.46 bits per heavy atom. The number of hydrogen-bond donors (Lipinski definition) is 2. The lowest BCUT2D eigenvalue weighted by Crippen LogP contribution is -2.44. The maximum absolute atomic E-state index is 12.2. The van der Waals surface area contributed by atoms with E-state index in [0.29, 0.717) is 37.5 Å². The summed E-state index contributed by atoms with van der Waals surface area (Å²) in [5, 5.41) is 14.2. The summed E-state index contributed by atoms with van der Waals surface area (Å²) in [4.78, 5) is 24.1. The lowest BCUT2D eigenvalue weighted by atomic mass is 9.98. The van der Waals surface area contributed by atoms with Crippen LogP contribution in [0.3, 0.4) is 0 Å². The zero-order chi connectivity index (χ0) is 20.3. The van der Waals surface area contributed by atoms with Crippen molar-refractivity contribution in [3.05, 3.63) is 28.8 Å². The topological polar surface area (TPSA) is 119 Å². The van der Waals surface area contributed by atoms with Crippen LogP contribution >= 0.6 is 11.6 Å². The third-order valence-corrected chi connectivity index (χ3v) is 7.62. The minimum atomic E-state index is -3.16. The number of nitrogens with zero attached hydrogens (tertiary/aromatic N) is 2. The van der Waals surface area contributed by atoms with Crippen LogP contribution in [-0.2, 0) is 19.6 Å². The highest BCUT2D eigenvalue weighted by Crippen LogP contribution is 2.33. The fourth-order valence-corrected chi connectivity index (χ4v) is 5.20. The summed E-state index contributed by atoms with van der Waals surface area (Å²) in [5.74, 6) is -1.58.